The fraction of sp³-hybridized carbons (Fsp3) is 0.208. The van der Waals surface area contributed by atoms with E-state index in [2.05, 4.69) is 29.1 Å². The van der Waals surface area contributed by atoms with Gasteiger partial charge in [-0.1, -0.05) is 49.4 Å². The maximum atomic E-state index is 13.0. The van der Waals surface area contributed by atoms with Gasteiger partial charge in [-0.15, -0.1) is 0 Å². The summed E-state index contributed by atoms with van der Waals surface area (Å²) >= 11 is 0. The van der Waals surface area contributed by atoms with Crippen LogP contribution in [0.2, 0.25) is 0 Å². The lowest BCUT2D eigenvalue weighted by molar-refractivity contribution is -0.120. The normalized spacial score (nSPS) is 12.2. The zero-order valence-corrected chi connectivity index (χ0v) is 18.0. The molecule has 0 aromatic heterocycles. The second-order valence-corrected chi connectivity index (χ2v) is 8.94. The molecule has 31 heavy (non-hydrogen) atoms. The average Bonchev–Trinajstić information content (AvgIpc) is 2.76. The minimum atomic E-state index is -3.81. The maximum Gasteiger partial charge on any atom is 0.261 e. The molecule has 0 fully saturated rings. The van der Waals surface area contributed by atoms with Gasteiger partial charge in [0.1, 0.15) is 5.82 Å². The molecule has 0 aliphatic carbocycles. The summed E-state index contributed by atoms with van der Waals surface area (Å²) in [5, 5.41) is 2.98. The number of carbonyl (C=O) groups is 1. The Morgan fingerprint density at radius 2 is 1.58 bits per heavy atom. The van der Waals surface area contributed by atoms with Crippen LogP contribution in [-0.4, -0.2) is 20.9 Å². The molecule has 162 valence electrons. The largest absolute Gasteiger partial charge is 0.355 e. The van der Waals surface area contributed by atoms with E-state index in [4.69, 9.17) is 0 Å². The molecule has 1 atom stereocenters. The summed E-state index contributed by atoms with van der Waals surface area (Å²) < 4.78 is 40.2. The van der Waals surface area contributed by atoms with Crippen LogP contribution in [0.3, 0.4) is 0 Å². The predicted molar refractivity (Wildman–Crippen MR) is 120 cm³/mol. The Hall–Kier alpha value is -3.19. The van der Waals surface area contributed by atoms with Crippen molar-refractivity contribution in [2.45, 2.75) is 30.6 Å². The van der Waals surface area contributed by atoms with Crippen LogP contribution in [0.15, 0.2) is 83.8 Å². The number of amides is 1. The van der Waals surface area contributed by atoms with E-state index < -0.39 is 15.8 Å². The molecular weight excluding hydrogens is 415 g/mol. The van der Waals surface area contributed by atoms with Crippen molar-refractivity contribution in [3.63, 3.8) is 0 Å². The Balaban J connectivity index is 1.55. The van der Waals surface area contributed by atoms with Gasteiger partial charge < -0.3 is 5.32 Å². The molecular formula is C24H25FN2O3S. The zero-order chi connectivity index (χ0) is 22.3. The van der Waals surface area contributed by atoms with Crippen LogP contribution in [0.4, 0.5) is 10.1 Å². The van der Waals surface area contributed by atoms with E-state index in [1.165, 1.54) is 17.7 Å². The molecule has 0 aliphatic rings. The van der Waals surface area contributed by atoms with E-state index >= 15 is 0 Å². The molecule has 3 rings (SSSR count). The van der Waals surface area contributed by atoms with Gasteiger partial charge in [-0.25, -0.2) is 12.8 Å². The number of nitrogens with one attached hydrogen (secondary N) is 2. The molecule has 0 saturated carbocycles. The lowest BCUT2D eigenvalue weighted by Crippen LogP contribution is -2.29. The summed E-state index contributed by atoms with van der Waals surface area (Å²) in [7, 11) is -3.81. The molecule has 1 unspecified atom stereocenters. The summed E-state index contributed by atoms with van der Waals surface area (Å²) in [5.74, 6) is -0.335. The number of sulfonamides is 1. The van der Waals surface area contributed by atoms with Crippen molar-refractivity contribution in [1.29, 1.82) is 0 Å². The molecule has 0 saturated heterocycles. The summed E-state index contributed by atoms with van der Waals surface area (Å²) in [6, 6.07) is 21.3. The Morgan fingerprint density at radius 1 is 0.935 bits per heavy atom. The summed E-state index contributed by atoms with van der Waals surface area (Å²) in [6.45, 7) is 2.66. The minimum Gasteiger partial charge on any atom is -0.355 e. The fourth-order valence-electron chi connectivity index (χ4n) is 3.23. The minimum absolute atomic E-state index is 0.0266. The predicted octanol–water partition coefficient (Wildman–Crippen LogP) is 4.48. The standard InChI is InChI=1S/C24H25FN2O3S/c1-2-19(20-6-4-3-5-7-20)17-26-24(28)16-18-8-12-22(13-9-18)27-31(29,30)23-14-10-21(25)11-15-23/h3-15,19,27H,2,16-17H2,1H3,(H,26,28). The van der Waals surface area contributed by atoms with Crippen molar-refractivity contribution in [1.82, 2.24) is 5.32 Å². The highest BCUT2D eigenvalue weighted by Crippen LogP contribution is 2.19. The van der Waals surface area contributed by atoms with Gasteiger partial charge >= 0.3 is 0 Å². The van der Waals surface area contributed by atoms with Crippen molar-refractivity contribution in [3.05, 3.63) is 95.8 Å². The first kappa shape index (κ1) is 22.5. The van der Waals surface area contributed by atoms with Gasteiger partial charge in [0.25, 0.3) is 10.0 Å². The van der Waals surface area contributed by atoms with Crippen LogP contribution in [0.25, 0.3) is 0 Å². The van der Waals surface area contributed by atoms with Crippen LogP contribution in [0.5, 0.6) is 0 Å². The summed E-state index contributed by atoms with van der Waals surface area (Å²) in [6.07, 6.45) is 1.13. The Kier molecular flexibility index (Phi) is 7.41. The van der Waals surface area contributed by atoms with Crippen molar-refractivity contribution in [2.75, 3.05) is 11.3 Å². The molecule has 0 aliphatic heterocycles. The summed E-state index contributed by atoms with van der Waals surface area (Å²) in [5.41, 5.74) is 2.33. The van der Waals surface area contributed by atoms with Crippen LogP contribution in [-0.2, 0) is 21.2 Å². The van der Waals surface area contributed by atoms with Crippen LogP contribution in [0.1, 0.15) is 30.4 Å². The highest BCUT2D eigenvalue weighted by molar-refractivity contribution is 7.92. The molecule has 0 spiro atoms. The van der Waals surface area contributed by atoms with Gasteiger partial charge in [0.2, 0.25) is 5.91 Å². The molecule has 0 radical (unpaired) electrons. The third-order valence-corrected chi connectivity index (χ3v) is 6.40. The van der Waals surface area contributed by atoms with Crippen LogP contribution >= 0.6 is 0 Å². The van der Waals surface area contributed by atoms with E-state index in [0.29, 0.717) is 12.2 Å². The van der Waals surface area contributed by atoms with E-state index in [0.717, 1.165) is 24.1 Å². The number of hydrogen-bond acceptors (Lipinski definition) is 3. The lowest BCUT2D eigenvalue weighted by atomic mass is 9.96. The van der Waals surface area contributed by atoms with Crippen molar-refractivity contribution in [3.8, 4) is 0 Å². The maximum absolute atomic E-state index is 13.0. The number of hydrogen-bond donors (Lipinski definition) is 2. The Labute approximate surface area is 182 Å². The molecule has 2 N–H and O–H groups in total. The van der Waals surface area contributed by atoms with Crippen molar-refractivity contribution < 1.29 is 17.6 Å². The van der Waals surface area contributed by atoms with Crippen molar-refractivity contribution in [2.24, 2.45) is 0 Å². The monoisotopic (exact) mass is 440 g/mol. The van der Waals surface area contributed by atoms with E-state index in [1.807, 2.05) is 18.2 Å². The number of halogens is 1. The topological polar surface area (TPSA) is 75.3 Å². The molecule has 0 bridgehead atoms. The second-order valence-electron chi connectivity index (χ2n) is 7.25. The average molecular weight is 441 g/mol. The van der Waals surface area contributed by atoms with E-state index in [1.54, 1.807) is 24.3 Å². The fourth-order valence-corrected chi connectivity index (χ4v) is 4.29. The van der Waals surface area contributed by atoms with Gasteiger partial charge in [0, 0.05) is 18.2 Å². The quantitative estimate of drug-likeness (QED) is 0.515. The molecule has 1 amide bonds. The first-order chi connectivity index (χ1) is 14.9. The Morgan fingerprint density at radius 3 is 2.19 bits per heavy atom. The van der Waals surface area contributed by atoms with Gasteiger partial charge in [0.15, 0.2) is 0 Å². The number of carbonyl (C=O) groups excluding carboxylic acids is 1. The number of anilines is 1. The highest BCUT2D eigenvalue weighted by Gasteiger charge is 2.15. The molecule has 3 aromatic carbocycles. The number of benzene rings is 3. The highest BCUT2D eigenvalue weighted by atomic mass is 32.2. The van der Waals surface area contributed by atoms with Crippen molar-refractivity contribution >= 4 is 21.6 Å². The molecule has 5 nitrogen and oxygen atoms in total. The third kappa shape index (κ3) is 6.39. The van der Waals surface area contributed by atoms with E-state index in [9.17, 15) is 17.6 Å². The smallest absolute Gasteiger partial charge is 0.261 e. The van der Waals surface area contributed by atoms with Crippen LogP contribution in [0, 0.1) is 5.82 Å². The van der Waals surface area contributed by atoms with Gasteiger partial charge in [-0.3, -0.25) is 9.52 Å². The second kappa shape index (κ2) is 10.2. The first-order valence-corrected chi connectivity index (χ1v) is 11.5. The van der Waals surface area contributed by atoms with Gasteiger partial charge in [0.05, 0.1) is 11.3 Å². The van der Waals surface area contributed by atoms with Crippen LogP contribution < -0.4 is 10.0 Å². The van der Waals surface area contributed by atoms with E-state index in [-0.39, 0.29) is 23.1 Å². The Bertz CT molecular complexity index is 1100. The first-order valence-electron chi connectivity index (χ1n) is 10.1. The van der Waals surface area contributed by atoms with Gasteiger partial charge in [-0.05, 0) is 53.9 Å². The third-order valence-electron chi connectivity index (χ3n) is 5.00. The molecule has 7 heteroatoms. The molecule has 3 aromatic rings. The molecule has 0 heterocycles. The zero-order valence-electron chi connectivity index (χ0n) is 17.2. The van der Waals surface area contributed by atoms with Gasteiger partial charge in [-0.2, -0.15) is 0 Å². The number of rotatable bonds is 9. The summed E-state index contributed by atoms with van der Waals surface area (Å²) in [4.78, 5) is 12.3. The SMILES string of the molecule is CCC(CNC(=O)Cc1ccc(NS(=O)(=O)c2ccc(F)cc2)cc1)c1ccccc1. The lowest BCUT2D eigenvalue weighted by Gasteiger charge is -2.16.